The van der Waals surface area contributed by atoms with Crippen LogP contribution in [0, 0.1) is 0 Å². The third-order valence-corrected chi connectivity index (χ3v) is 6.93. The van der Waals surface area contributed by atoms with Gasteiger partial charge in [0, 0.05) is 27.6 Å². The second-order valence-electron chi connectivity index (χ2n) is 9.40. The minimum atomic E-state index is 0.220. The molecule has 7 rings (SSSR count). The third kappa shape index (κ3) is 4.16. The summed E-state index contributed by atoms with van der Waals surface area (Å²) in [6.45, 7) is 0. The Morgan fingerprint density at radius 1 is 0.615 bits per heavy atom. The predicted octanol–water partition coefficient (Wildman–Crippen LogP) is 8.36. The third-order valence-electron chi connectivity index (χ3n) is 6.93. The van der Waals surface area contributed by atoms with E-state index in [2.05, 4.69) is 41.7 Å². The first-order valence-electron chi connectivity index (χ1n) is 12.8. The van der Waals surface area contributed by atoms with Crippen LogP contribution in [0.2, 0.25) is 0 Å². The fourth-order valence-corrected chi connectivity index (χ4v) is 5.01. The lowest BCUT2D eigenvalue weighted by atomic mass is 10.1. The maximum absolute atomic E-state index is 10.6. The second-order valence-corrected chi connectivity index (χ2v) is 9.40. The van der Waals surface area contributed by atoms with Crippen molar-refractivity contribution < 1.29 is 5.11 Å². The number of para-hydroxylation sites is 4. The van der Waals surface area contributed by atoms with Crippen molar-refractivity contribution >= 4 is 33.2 Å². The number of rotatable bonds is 5. The van der Waals surface area contributed by atoms with Crippen molar-refractivity contribution in [1.29, 1.82) is 0 Å². The van der Waals surface area contributed by atoms with Crippen LogP contribution in [0.3, 0.4) is 0 Å². The number of nitrogens with zero attached hydrogens (tertiary/aromatic N) is 3. The van der Waals surface area contributed by atoms with Gasteiger partial charge in [0.15, 0.2) is 0 Å². The van der Waals surface area contributed by atoms with Crippen LogP contribution >= 0.6 is 0 Å². The number of phenolic OH excluding ortho intramolecular Hbond substituents is 1. The zero-order valence-electron chi connectivity index (χ0n) is 21.0. The van der Waals surface area contributed by atoms with E-state index >= 15 is 0 Å². The number of nitrogens with one attached hydrogen (secondary N) is 1. The molecule has 0 unspecified atom stereocenters. The number of aromatic nitrogens is 3. The highest BCUT2D eigenvalue weighted by molar-refractivity contribution is 6.08. The van der Waals surface area contributed by atoms with E-state index < -0.39 is 0 Å². The summed E-state index contributed by atoms with van der Waals surface area (Å²) >= 11 is 0. The topological polar surface area (TPSA) is 63.0 Å². The number of fused-ring (bicyclic) bond motifs is 2. The predicted molar refractivity (Wildman–Crippen MR) is 159 cm³/mol. The van der Waals surface area contributed by atoms with Crippen LogP contribution in [0.4, 0.5) is 11.4 Å². The number of benzene rings is 5. The van der Waals surface area contributed by atoms with Crippen LogP contribution in [-0.4, -0.2) is 19.9 Å². The van der Waals surface area contributed by atoms with E-state index in [1.165, 1.54) is 0 Å². The number of aromatic hydroxyl groups is 1. The zero-order valence-corrected chi connectivity index (χ0v) is 21.0. The molecule has 0 radical (unpaired) electrons. The van der Waals surface area contributed by atoms with Crippen molar-refractivity contribution in [2.45, 2.75) is 0 Å². The molecule has 0 aliphatic heterocycles. The maximum Gasteiger partial charge on any atom is 0.124 e. The number of anilines is 2. The van der Waals surface area contributed by atoms with Gasteiger partial charge in [0.2, 0.25) is 0 Å². The molecule has 0 saturated heterocycles. The maximum atomic E-state index is 10.6. The Morgan fingerprint density at radius 3 is 1.92 bits per heavy atom. The molecule has 0 aliphatic carbocycles. The van der Waals surface area contributed by atoms with Gasteiger partial charge in [-0.15, -0.1) is 0 Å². The average Bonchev–Trinajstić information content (AvgIpc) is 3.43. The van der Waals surface area contributed by atoms with Gasteiger partial charge in [-0.1, -0.05) is 78.9 Å². The van der Waals surface area contributed by atoms with Crippen LogP contribution in [0.25, 0.3) is 50.0 Å². The van der Waals surface area contributed by atoms with Gasteiger partial charge in [-0.05, 0) is 54.6 Å². The quantitative estimate of drug-likeness (QED) is 0.231. The van der Waals surface area contributed by atoms with Crippen LogP contribution in [0.1, 0.15) is 0 Å². The van der Waals surface area contributed by atoms with E-state index in [9.17, 15) is 5.11 Å². The lowest BCUT2D eigenvalue weighted by molar-refractivity contribution is 0.477. The van der Waals surface area contributed by atoms with E-state index in [-0.39, 0.29) is 5.75 Å². The lowest BCUT2D eigenvalue weighted by Gasteiger charge is -2.13. The summed E-state index contributed by atoms with van der Waals surface area (Å²) in [6, 6.07) is 44.0. The molecule has 0 spiro atoms. The summed E-state index contributed by atoms with van der Waals surface area (Å²) in [5.41, 5.74) is 8.22. The Labute approximate surface area is 225 Å². The van der Waals surface area contributed by atoms with E-state index in [0.29, 0.717) is 0 Å². The molecule has 5 nitrogen and oxygen atoms in total. The Bertz CT molecular complexity index is 1890. The van der Waals surface area contributed by atoms with Gasteiger partial charge in [-0.25, -0.2) is 9.67 Å². The van der Waals surface area contributed by atoms with Crippen LogP contribution in [0.5, 0.6) is 5.75 Å². The zero-order chi connectivity index (χ0) is 26.2. The first-order valence-corrected chi connectivity index (χ1v) is 12.8. The Hall–Kier alpha value is -5.42. The molecule has 5 aromatic carbocycles. The molecular weight excluding hydrogens is 480 g/mol. The van der Waals surface area contributed by atoms with Gasteiger partial charge in [-0.2, -0.15) is 5.10 Å². The summed E-state index contributed by atoms with van der Waals surface area (Å²) in [7, 11) is 0. The standard InChI is InChI=1S/C34H24N4O/c39-33-17-9-6-14-28(33)32-22-31(37-38(32)25-10-2-1-3-11-25)23-18-20-24(21-19-23)35-34-26-12-4-7-15-29(26)36-30-16-8-5-13-27(30)34/h1-22,39H,(H,35,36). The summed E-state index contributed by atoms with van der Waals surface area (Å²) < 4.78 is 1.88. The Morgan fingerprint density at radius 2 is 1.23 bits per heavy atom. The summed E-state index contributed by atoms with van der Waals surface area (Å²) in [6.07, 6.45) is 0. The molecule has 0 amide bonds. The number of hydrogen-bond donors (Lipinski definition) is 2. The van der Waals surface area contributed by atoms with Gasteiger partial charge in [0.05, 0.1) is 33.8 Å². The Kier molecular flexibility index (Phi) is 5.52. The van der Waals surface area contributed by atoms with Crippen molar-refractivity contribution in [3.63, 3.8) is 0 Å². The van der Waals surface area contributed by atoms with E-state index in [1.54, 1.807) is 6.07 Å². The number of hydrogen-bond acceptors (Lipinski definition) is 4. The van der Waals surface area contributed by atoms with Crippen molar-refractivity contribution in [3.05, 3.63) is 133 Å². The monoisotopic (exact) mass is 504 g/mol. The molecule has 186 valence electrons. The van der Waals surface area contributed by atoms with Crippen LogP contribution in [-0.2, 0) is 0 Å². The first-order chi connectivity index (χ1) is 19.2. The van der Waals surface area contributed by atoms with E-state index in [0.717, 1.165) is 61.4 Å². The minimum Gasteiger partial charge on any atom is -0.507 e. The van der Waals surface area contributed by atoms with Gasteiger partial charge in [0.25, 0.3) is 0 Å². The molecule has 0 fully saturated rings. The molecule has 0 atom stereocenters. The highest BCUT2D eigenvalue weighted by atomic mass is 16.3. The second kappa shape index (κ2) is 9.47. The highest BCUT2D eigenvalue weighted by Crippen LogP contribution is 2.36. The SMILES string of the molecule is Oc1ccccc1-c1cc(-c2ccc(Nc3c4ccccc4nc4ccccc34)cc2)nn1-c1ccccc1. The molecule has 7 aromatic rings. The van der Waals surface area contributed by atoms with Gasteiger partial charge in [0.1, 0.15) is 5.75 Å². The molecule has 2 heterocycles. The molecule has 0 bridgehead atoms. The number of phenols is 1. The van der Waals surface area contributed by atoms with Gasteiger partial charge in [-0.3, -0.25) is 0 Å². The minimum absolute atomic E-state index is 0.220. The summed E-state index contributed by atoms with van der Waals surface area (Å²) in [5, 5.41) is 21.3. The smallest absolute Gasteiger partial charge is 0.124 e. The largest absolute Gasteiger partial charge is 0.507 e. The van der Waals surface area contributed by atoms with Crippen molar-refractivity contribution in [2.24, 2.45) is 0 Å². The first kappa shape index (κ1) is 22.8. The Balaban J connectivity index is 1.28. The van der Waals surface area contributed by atoms with Crippen LogP contribution in [0.15, 0.2) is 133 Å². The molecular formula is C34H24N4O. The van der Waals surface area contributed by atoms with Crippen LogP contribution < -0.4 is 5.32 Å². The molecule has 0 saturated carbocycles. The fraction of sp³-hybridized carbons (Fsp3) is 0. The normalized spacial score (nSPS) is 11.2. The van der Waals surface area contributed by atoms with Crippen molar-refractivity contribution in [3.8, 4) is 34.0 Å². The van der Waals surface area contributed by atoms with E-state index in [4.69, 9.17) is 10.1 Å². The van der Waals surface area contributed by atoms with Crippen molar-refractivity contribution in [2.75, 3.05) is 5.32 Å². The highest BCUT2D eigenvalue weighted by Gasteiger charge is 2.16. The fourth-order valence-electron chi connectivity index (χ4n) is 5.01. The molecule has 2 aromatic heterocycles. The average molecular weight is 505 g/mol. The summed E-state index contributed by atoms with van der Waals surface area (Å²) in [5.74, 6) is 0.220. The van der Waals surface area contributed by atoms with E-state index in [1.807, 2.05) is 95.7 Å². The summed E-state index contributed by atoms with van der Waals surface area (Å²) in [4.78, 5) is 4.83. The molecule has 39 heavy (non-hydrogen) atoms. The number of pyridine rings is 1. The molecule has 5 heteroatoms. The van der Waals surface area contributed by atoms with Gasteiger partial charge < -0.3 is 10.4 Å². The molecule has 0 aliphatic rings. The lowest BCUT2D eigenvalue weighted by Crippen LogP contribution is -1.99. The van der Waals surface area contributed by atoms with Gasteiger partial charge >= 0.3 is 0 Å². The van der Waals surface area contributed by atoms with Crippen molar-refractivity contribution in [1.82, 2.24) is 14.8 Å². The molecule has 2 N–H and O–H groups in total.